The van der Waals surface area contributed by atoms with Crippen LogP contribution >= 0.6 is 0 Å². The van der Waals surface area contributed by atoms with Crippen LogP contribution < -0.4 is 21.4 Å². The maximum absolute atomic E-state index is 6.13. The first-order valence-corrected chi connectivity index (χ1v) is 16.5. The Morgan fingerprint density at radius 1 is 0.333 bits per heavy atom. The number of rotatable bonds is 4. The first-order valence-electron chi connectivity index (χ1n) is 16.5. The minimum atomic E-state index is 0. The van der Waals surface area contributed by atoms with Crippen molar-refractivity contribution >= 4 is 57.7 Å². The molecule has 0 saturated carbocycles. The van der Waals surface area contributed by atoms with Crippen molar-refractivity contribution in [2.24, 2.45) is 0 Å². The topological polar surface area (TPSA) is 106 Å². The molecule has 8 bridgehead atoms. The van der Waals surface area contributed by atoms with E-state index in [1.54, 1.807) is 0 Å². The maximum atomic E-state index is 6.13. The third-order valence-corrected chi connectivity index (χ3v) is 9.13. The van der Waals surface area contributed by atoms with Crippen LogP contribution in [-0.2, 0) is 17.1 Å². The molecule has 0 unspecified atom stereocenters. The molecule has 0 atom stereocenters. The molecule has 0 fully saturated rings. The van der Waals surface area contributed by atoms with Crippen molar-refractivity contribution in [2.45, 2.75) is 0 Å². The summed E-state index contributed by atoms with van der Waals surface area (Å²) in [5.74, 6) is 0. The Morgan fingerprint density at radius 3 is 0.902 bits per heavy atom. The molecule has 9 rings (SSSR count). The van der Waals surface area contributed by atoms with Crippen molar-refractivity contribution in [2.75, 3.05) is 11.5 Å². The van der Waals surface area contributed by atoms with Crippen molar-refractivity contribution < 1.29 is 17.1 Å². The molecule has 0 spiro atoms. The average molecular weight is 698 g/mol. The van der Waals surface area contributed by atoms with Crippen LogP contribution in [0.5, 0.6) is 0 Å². The van der Waals surface area contributed by atoms with E-state index in [9.17, 15) is 0 Å². The quantitative estimate of drug-likeness (QED) is 0.140. The summed E-state index contributed by atoms with van der Waals surface area (Å²) in [4.78, 5) is 21.2. The van der Waals surface area contributed by atoms with E-state index < -0.39 is 0 Å². The Bertz CT molecular complexity index is 2450. The van der Waals surface area contributed by atoms with Gasteiger partial charge in [0.25, 0.3) is 0 Å². The standard InChI is InChI=1S/C44H30N6.Mn/c45-31-15-11-29(12-16-31)43-37-23-21-35(48-37)41(27-7-3-1-4-8-27)33-19-20-34(47-33)42(28-9-5-2-6-10-28)36-22-24-38(49-36)44(40-26-25-39(43)50-40)30-13-17-32(46)18-14-30;/h1-26H,45-46H2;/q-2;+2. The van der Waals surface area contributed by atoms with Gasteiger partial charge in [-0.2, -0.15) is 0 Å². The number of fused-ring (bicyclic) bond motifs is 8. The van der Waals surface area contributed by atoms with Crippen molar-refractivity contribution in [3.05, 3.63) is 156 Å². The van der Waals surface area contributed by atoms with Crippen LogP contribution in [-0.4, -0.2) is 9.97 Å². The van der Waals surface area contributed by atoms with Crippen LogP contribution in [0, 0.1) is 0 Å². The minimum Gasteiger partial charge on any atom is -0.657 e. The van der Waals surface area contributed by atoms with Crippen molar-refractivity contribution in [1.82, 2.24) is 19.9 Å². The Hall–Kier alpha value is -6.40. The predicted molar refractivity (Wildman–Crippen MR) is 207 cm³/mol. The van der Waals surface area contributed by atoms with Crippen molar-refractivity contribution in [1.29, 1.82) is 0 Å². The van der Waals surface area contributed by atoms with Gasteiger partial charge in [-0.15, -0.1) is 22.1 Å². The first-order chi connectivity index (χ1) is 24.6. The molecule has 0 aliphatic carbocycles. The SMILES string of the molecule is Nc1ccc(-c2c3nc(c(-c4ccc(N)cc4)c4ccc([n-]4)c(-c4ccccc4)c4nc(c(-c5ccccc5)c5ccc2[n-]5)C=C4)C=C3)cc1.[Mn+2]. The molecule has 51 heavy (non-hydrogen) atoms. The molecule has 5 heterocycles. The summed E-state index contributed by atoms with van der Waals surface area (Å²) in [7, 11) is 0. The summed E-state index contributed by atoms with van der Waals surface area (Å²) in [6.07, 6.45) is 8.28. The number of nitrogens with zero attached hydrogens (tertiary/aromatic N) is 4. The molecule has 3 aromatic heterocycles. The minimum absolute atomic E-state index is 0. The number of hydrogen-bond acceptors (Lipinski definition) is 4. The van der Waals surface area contributed by atoms with Crippen LogP contribution in [0.2, 0.25) is 0 Å². The second kappa shape index (κ2) is 13.1. The smallest absolute Gasteiger partial charge is 0.657 e. The zero-order valence-corrected chi connectivity index (χ0v) is 28.5. The van der Waals surface area contributed by atoms with Gasteiger partial charge in [-0.3, -0.25) is 0 Å². The third-order valence-electron chi connectivity index (χ3n) is 9.13. The zero-order valence-electron chi connectivity index (χ0n) is 27.3. The van der Waals surface area contributed by atoms with Gasteiger partial charge in [-0.1, -0.05) is 109 Å². The van der Waals surface area contributed by atoms with Gasteiger partial charge in [0, 0.05) is 11.4 Å². The summed E-state index contributed by atoms with van der Waals surface area (Å²) in [5.41, 5.74) is 27.9. The number of nitrogen functional groups attached to an aromatic ring is 2. The summed E-state index contributed by atoms with van der Waals surface area (Å²) in [6.45, 7) is 0. The Labute approximate surface area is 305 Å². The normalized spacial score (nSPS) is 11.8. The summed E-state index contributed by atoms with van der Waals surface area (Å²) >= 11 is 0. The molecule has 4 N–H and O–H groups in total. The average Bonchev–Trinajstić information content (AvgIpc) is 3.98. The maximum Gasteiger partial charge on any atom is 2.00 e. The molecule has 0 amide bonds. The number of anilines is 2. The Kier molecular flexibility index (Phi) is 8.20. The number of hydrogen-bond donors (Lipinski definition) is 2. The molecule has 2 aliphatic heterocycles. The molecule has 6 nitrogen and oxygen atoms in total. The van der Waals surface area contributed by atoms with E-state index in [4.69, 9.17) is 31.4 Å². The largest absolute Gasteiger partial charge is 2.00 e. The summed E-state index contributed by atoms with van der Waals surface area (Å²) < 4.78 is 0. The number of aromatic nitrogens is 4. The van der Waals surface area contributed by atoms with Gasteiger partial charge in [0.1, 0.15) is 0 Å². The van der Waals surface area contributed by atoms with Crippen LogP contribution in [0.1, 0.15) is 22.8 Å². The molecule has 7 heteroatoms. The van der Waals surface area contributed by atoms with E-state index >= 15 is 0 Å². The summed E-state index contributed by atoms with van der Waals surface area (Å²) in [5, 5.41) is 0. The van der Waals surface area contributed by atoms with E-state index in [0.29, 0.717) is 11.4 Å². The molecule has 243 valence electrons. The van der Waals surface area contributed by atoms with E-state index in [2.05, 4.69) is 72.8 Å². The number of nitrogens with two attached hydrogens (primary N) is 2. The molecule has 2 aliphatic rings. The fourth-order valence-electron chi connectivity index (χ4n) is 6.78. The molecule has 7 aromatic rings. The second-order valence-corrected chi connectivity index (χ2v) is 12.3. The van der Waals surface area contributed by atoms with Gasteiger partial charge < -0.3 is 21.4 Å². The van der Waals surface area contributed by atoms with E-state index in [-0.39, 0.29) is 17.1 Å². The zero-order chi connectivity index (χ0) is 33.6. The Balaban J connectivity index is 0.00000374. The first kappa shape index (κ1) is 31.8. The predicted octanol–water partition coefficient (Wildman–Crippen LogP) is 9.74. The van der Waals surface area contributed by atoms with Gasteiger partial charge in [0.05, 0.1) is 22.8 Å². The molecule has 1 radical (unpaired) electrons. The number of benzene rings is 4. The fraction of sp³-hybridized carbons (Fsp3) is 0. The fourth-order valence-corrected chi connectivity index (χ4v) is 6.78. The summed E-state index contributed by atoms with van der Waals surface area (Å²) in [6, 6.07) is 44.7. The van der Waals surface area contributed by atoms with Crippen LogP contribution in [0.4, 0.5) is 11.4 Å². The van der Waals surface area contributed by atoms with Crippen LogP contribution in [0.15, 0.2) is 133 Å². The van der Waals surface area contributed by atoms with Gasteiger partial charge in [-0.25, -0.2) is 9.97 Å². The van der Waals surface area contributed by atoms with Gasteiger partial charge in [-0.05, 0) is 93.1 Å². The van der Waals surface area contributed by atoms with Gasteiger partial charge in [0.2, 0.25) is 0 Å². The van der Waals surface area contributed by atoms with Gasteiger partial charge >= 0.3 is 17.1 Å². The van der Waals surface area contributed by atoms with E-state index in [1.165, 1.54) is 0 Å². The molecule has 4 aromatic carbocycles. The molecule has 0 saturated heterocycles. The second-order valence-electron chi connectivity index (χ2n) is 12.3. The van der Waals surface area contributed by atoms with Crippen LogP contribution in [0.3, 0.4) is 0 Å². The molecular weight excluding hydrogens is 667 g/mol. The van der Waals surface area contributed by atoms with E-state index in [0.717, 1.165) is 89.4 Å². The van der Waals surface area contributed by atoms with Crippen LogP contribution in [0.25, 0.3) is 90.9 Å². The third kappa shape index (κ3) is 5.85. The van der Waals surface area contributed by atoms with E-state index in [1.807, 2.05) is 84.9 Å². The Morgan fingerprint density at radius 2 is 0.608 bits per heavy atom. The van der Waals surface area contributed by atoms with Crippen molar-refractivity contribution in [3.8, 4) is 44.5 Å². The van der Waals surface area contributed by atoms with Gasteiger partial charge in [0.15, 0.2) is 0 Å². The monoisotopic (exact) mass is 697 g/mol. The molecular formula is C44H30MnN6. The van der Waals surface area contributed by atoms with Crippen molar-refractivity contribution in [3.63, 3.8) is 0 Å².